The third-order valence-corrected chi connectivity index (χ3v) is 4.13. The Labute approximate surface area is 136 Å². The van der Waals surface area contributed by atoms with Gasteiger partial charge in [-0.3, -0.25) is 9.59 Å². The number of ketones is 1. The highest BCUT2D eigenvalue weighted by atomic mass is 16.5. The summed E-state index contributed by atoms with van der Waals surface area (Å²) in [5.41, 5.74) is -0.290. The van der Waals surface area contributed by atoms with Crippen molar-refractivity contribution >= 4 is 11.8 Å². The molecule has 0 N–H and O–H groups in total. The fourth-order valence-corrected chi connectivity index (χ4v) is 2.85. The minimum Gasteiger partial charge on any atom is -0.498 e. The highest BCUT2D eigenvalue weighted by Gasteiger charge is 2.47. The molecular weight excluding hydrogens is 296 g/mol. The SMILES string of the molecule is CCOC1=CC(=O)C(Cc2ccc(OC)cc2)(C(=O)OC)CC1. The van der Waals surface area contributed by atoms with Gasteiger partial charge in [-0.1, -0.05) is 12.1 Å². The number of carbonyl (C=O) groups excluding carboxylic acids is 2. The van der Waals surface area contributed by atoms with Crippen molar-refractivity contribution in [1.82, 2.24) is 0 Å². The molecule has 1 aromatic carbocycles. The monoisotopic (exact) mass is 318 g/mol. The average Bonchev–Trinajstić information content (AvgIpc) is 2.57. The second kappa shape index (κ2) is 7.31. The number of methoxy groups -OCH3 is 2. The highest BCUT2D eigenvalue weighted by Crippen LogP contribution is 2.37. The third-order valence-electron chi connectivity index (χ3n) is 4.13. The fourth-order valence-electron chi connectivity index (χ4n) is 2.85. The van der Waals surface area contributed by atoms with E-state index in [1.54, 1.807) is 7.11 Å². The molecule has 0 amide bonds. The first-order valence-corrected chi connectivity index (χ1v) is 7.65. The molecule has 5 nitrogen and oxygen atoms in total. The maximum absolute atomic E-state index is 12.6. The maximum Gasteiger partial charge on any atom is 0.320 e. The number of carbonyl (C=O) groups is 2. The van der Waals surface area contributed by atoms with Crippen LogP contribution in [0.5, 0.6) is 5.75 Å². The van der Waals surface area contributed by atoms with Crippen molar-refractivity contribution in [3.63, 3.8) is 0 Å². The molecule has 0 saturated carbocycles. The van der Waals surface area contributed by atoms with Crippen LogP contribution in [-0.4, -0.2) is 32.6 Å². The fraction of sp³-hybridized carbons (Fsp3) is 0.444. The molecule has 0 aromatic heterocycles. The van der Waals surface area contributed by atoms with E-state index < -0.39 is 11.4 Å². The first-order valence-electron chi connectivity index (χ1n) is 7.65. The summed E-state index contributed by atoms with van der Waals surface area (Å²) < 4.78 is 15.5. The summed E-state index contributed by atoms with van der Waals surface area (Å²) in [5.74, 6) is 0.612. The summed E-state index contributed by atoms with van der Waals surface area (Å²) >= 11 is 0. The molecule has 5 heteroatoms. The van der Waals surface area contributed by atoms with Crippen molar-refractivity contribution in [2.75, 3.05) is 20.8 Å². The Morgan fingerprint density at radius 1 is 1.22 bits per heavy atom. The van der Waals surface area contributed by atoms with Gasteiger partial charge in [0, 0.05) is 12.5 Å². The zero-order valence-corrected chi connectivity index (χ0v) is 13.8. The molecular formula is C18H22O5. The van der Waals surface area contributed by atoms with Crippen LogP contribution in [0.4, 0.5) is 0 Å². The van der Waals surface area contributed by atoms with Crippen LogP contribution in [0, 0.1) is 5.41 Å². The summed E-state index contributed by atoms with van der Waals surface area (Å²) in [5, 5.41) is 0. The lowest BCUT2D eigenvalue weighted by molar-refractivity contribution is -0.157. The molecule has 1 unspecified atom stereocenters. The summed E-state index contributed by atoms with van der Waals surface area (Å²) in [6, 6.07) is 7.35. The number of rotatable bonds is 6. The second-order valence-electron chi connectivity index (χ2n) is 5.51. The van der Waals surface area contributed by atoms with Crippen LogP contribution >= 0.6 is 0 Å². The van der Waals surface area contributed by atoms with Crippen LogP contribution in [0.3, 0.4) is 0 Å². The van der Waals surface area contributed by atoms with Crippen molar-refractivity contribution in [2.24, 2.45) is 5.41 Å². The highest BCUT2D eigenvalue weighted by molar-refractivity contribution is 6.10. The van der Waals surface area contributed by atoms with E-state index in [9.17, 15) is 9.59 Å². The first kappa shape index (κ1) is 17.1. The molecule has 1 aliphatic rings. The predicted molar refractivity (Wildman–Crippen MR) is 85.1 cm³/mol. The van der Waals surface area contributed by atoms with Gasteiger partial charge in [-0.15, -0.1) is 0 Å². The van der Waals surface area contributed by atoms with Crippen molar-refractivity contribution in [3.05, 3.63) is 41.7 Å². The lowest BCUT2D eigenvalue weighted by Crippen LogP contribution is -2.43. The van der Waals surface area contributed by atoms with E-state index in [0.29, 0.717) is 31.6 Å². The molecule has 1 atom stereocenters. The van der Waals surface area contributed by atoms with Crippen molar-refractivity contribution in [3.8, 4) is 5.75 Å². The van der Waals surface area contributed by atoms with Crippen LogP contribution in [0.25, 0.3) is 0 Å². The van der Waals surface area contributed by atoms with E-state index in [1.165, 1.54) is 13.2 Å². The Kier molecular flexibility index (Phi) is 5.42. The first-order chi connectivity index (χ1) is 11.1. The minimum atomic E-state index is -1.18. The molecule has 0 radical (unpaired) electrons. The average molecular weight is 318 g/mol. The number of allylic oxidation sites excluding steroid dienone is 2. The number of benzene rings is 1. The van der Waals surface area contributed by atoms with Gasteiger partial charge in [0.1, 0.15) is 11.2 Å². The van der Waals surface area contributed by atoms with E-state index in [0.717, 1.165) is 11.3 Å². The standard InChI is InChI=1S/C18H22O5/c1-4-23-15-9-10-18(16(19)11-15,17(20)22-3)12-13-5-7-14(21-2)8-6-13/h5-8,11H,4,9-10,12H2,1-3H3. The van der Waals surface area contributed by atoms with E-state index in [2.05, 4.69) is 0 Å². The number of ether oxygens (including phenoxy) is 3. The number of hydrogen-bond donors (Lipinski definition) is 0. The normalized spacial score (nSPS) is 20.7. The maximum atomic E-state index is 12.6. The Morgan fingerprint density at radius 2 is 1.91 bits per heavy atom. The molecule has 1 aromatic rings. The summed E-state index contributed by atoms with van der Waals surface area (Å²) in [6.07, 6.45) is 2.67. The molecule has 0 bridgehead atoms. The van der Waals surface area contributed by atoms with Gasteiger partial charge in [-0.05, 0) is 37.5 Å². The zero-order chi connectivity index (χ0) is 16.9. The van der Waals surface area contributed by atoms with E-state index in [4.69, 9.17) is 14.2 Å². The zero-order valence-electron chi connectivity index (χ0n) is 13.8. The van der Waals surface area contributed by atoms with Gasteiger partial charge in [-0.25, -0.2) is 0 Å². The third kappa shape index (κ3) is 3.55. The topological polar surface area (TPSA) is 61.8 Å². The summed E-state index contributed by atoms with van der Waals surface area (Å²) in [4.78, 5) is 25.0. The molecule has 0 fully saturated rings. The lowest BCUT2D eigenvalue weighted by Gasteiger charge is -2.32. The van der Waals surface area contributed by atoms with Crippen LogP contribution in [0.15, 0.2) is 36.1 Å². The van der Waals surface area contributed by atoms with Gasteiger partial charge < -0.3 is 14.2 Å². The molecule has 0 saturated heterocycles. The van der Waals surface area contributed by atoms with Crippen LogP contribution in [0.1, 0.15) is 25.3 Å². The van der Waals surface area contributed by atoms with Gasteiger partial charge in [0.05, 0.1) is 26.6 Å². The quantitative estimate of drug-likeness (QED) is 0.596. The minimum absolute atomic E-state index is 0.255. The second-order valence-corrected chi connectivity index (χ2v) is 5.51. The molecule has 124 valence electrons. The largest absolute Gasteiger partial charge is 0.498 e. The van der Waals surface area contributed by atoms with E-state index in [-0.39, 0.29) is 5.78 Å². The molecule has 0 aliphatic heterocycles. The molecule has 2 rings (SSSR count). The Hall–Kier alpha value is -2.30. The molecule has 23 heavy (non-hydrogen) atoms. The summed E-state index contributed by atoms with van der Waals surface area (Å²) in [6.45, 7) is 2.37. The number of esters is 1. The lowest BCUT2D eigenvalue weighted by atomic mass is 9.71. The smallest absolute Gasteiger partial charge is 0.320 e. The number of hydrogen-bond acceptors (Lipinski definition) is 5. The van der Waals surface area contributed by atoms with E-state index in [1.807, 2.05) is 31.2 Å². The van der Waals surface area contributed by atoms with Crippen LogP contribution < -0.4 is 4.74 Å². The molecule has 1 aliphatic carbocycles. The van der Waals surface area contributed by atoms with Gasteiger partial charge >= 0.3 is 5.97 Å². The van der Waals surface area contributed by atoms with Crippen molar-refractivity contribution in [2.45, 2.75) is 26.2 Å². The van der Waals surface area contributed by atoms with E-state index >= 15 is 0 Å². The van der Waals surface area contributed by atoms with Crippen molar-refractivity contribution in [1.29, 1.82) is 0 Å². The predicted octanol–water partition coefficient (Wildman–Crippen LogP) is 2.68. The van der Waals surface area contributed by atoms with Gasteiger partial charge in [-0.2, -0.15) is 0 Å². The Morgan fingerprint density at radius 3 is 2.43 bits per heavy atom. The summed E-state index contributed by atoms with van der Waals surface area (Å²) in [7, 11) is 2.91. The van der Waals surface area contributed by atoms with Gasteiger partial charge in [0.2, 0.25) is 0 Å². The van der Waals surface area contributed by atoms with Gasteiger partial charge in [0.25, 0.3) is 0 Å². The Bertz CT molecular complexity index is 602. The molecule has 0 spiro atoms. The Balaban J connectivity index is 2.30. The van der Waals surface area contributed by atoms with Gasteiger partial charge in [0.15, 0.2) is 5.78 Å². The van der Waals surface area contributed by atoms with Crippen LogP contribution in [0.2, 0.25) is 0 Å². The molecule has 0 heterocycles. The van der Waals surface area contributed by atoms with Crippen LogP contribution in [-0.2, 0) is 25.5 Å². The van der Waals surface area contributed by atoms with Crippen molar-refractivity contribution < 1.29 is 23.8 Å².